The predicted octanol–water partition coefficient (Wildman–Crippen LogP) is 2.64. The quantitative estimate of drug-likeness (QED) is 0.601. The summed E-state index contributed by atoms with van der Waals surface area (Å²) in [5, 5.41) is 2.21. The van der Waals surface area contributed by atoms with Crippen molar-refractivity contribution in [2.45, 2.75) is 6.18 Å². The summed E-state index contributed by atoms with van der Waals surface area (Å²) in [7, 11) is 0. The Morgan fingerprint density at radius 2 is 1.86 bits per heavy atom. The number of para-hydroxylation sites is 1. The van der Waals surface area contributed by atoms with E-state index >= 15 is 0 Å². The van der Waals surface area contributed by atoms with Crippen molar-refractivity contribution in [2.75, 3.05) is 10.7 Å². The summed E-state index contributed by atoms with van der Waals surface area (Å²) in [5.41, 5.74) is 1.32. The molecule has 0 atom stereocenters. The molecule has 1 aromatic carbocycles. The highest BCUT2D eigenvalue weighted by Crippen LogP contribution is 2.34. The number of hydrogen-bond donors (Lipinski definition) is 3. The van der Waals surface area contributed by atoms with Crippen LogP contribution in [0.2, 0.25) is 0 Å². The molecule has 0 bridgehead atoms. The summed E-state index contributed by atoms with van der Waals surface area (Å²) in [4.78, 5) is 15.8. The highest BCUT2D eigenvalue weighted by Gasteiger charge is 2.33. The molecule has 0 spiro atoms. The van der Waals surface area contributed by atoms with Crippen LogP contribution in [-0.2, 0) is 6.18 Å². The second kappa shape index (κ2) is 5.80. The van der Waals surface area contributed by atoms with Gasteiger partial charge < -0.3 is 10.7 Å². The molecule has 5 nitrogen and oxygen atoms in total. The summed E-state index contributed by atoms with van der Waals surface area (Å²) in [6, 6.07) is 6.14. The molecule has 1 amide bonds. The van der Waals surface area contributed by atoms with Gasteiger partial charge in [0, 0.05) is 12.4 Å². The number of nitrogens with one attached hydrogen (secondary N) is 2. The minimum absolute atomic E-state index is 0.0389. The maximum absolute atomic E-state index is 12.9. The highest BCUT2D eigenvalue weighted by molar-refractivity contribution is 6.08. The van der Waals surface area contributed by atoms with Crippen molar-refractivity contribution in [1.29, 1.82) is 0 Å². The molecule has 0 fully saturated rings. The summed E-state index contributed by atoms with van der Waals surface area (Å²) >= 11 is 0. The third kappa shape index (κ3) is 3.29. The summed E-state index contributed by atoms with van der Waals surface area (Å²) in [5.74, 6) is 4.50. The number of pyridine rings is 1. The van der Waals surface area contributed by atoms with Gasteiger partial charge in [0.15, 0.2) is 0 Å². The number of nitrogens with zero attached hydrogens (tertiary/aromatic N) is 1. The van der Waals surface area contributed by atoms with Gasteiger partial charge in [-0.1, -0.05) is 12.1 Å². The SMILES string of the molecule is NNc1ccncc1C(=O)Nc1ccccc1C(F)(F)F. The number of hydrazine groups is 1. The Bertz CT molecular complexity index is 658. The molecule has 2 rings (SSSR count). The number of anilines is 2. The minimum Gasteiger partial charge on any atom is -0.323 e. The second-order valence-electron chi connectivity index (χ2n) is 4.06. The van der Waals surface area contributed by atoms with E-state index in [1.807, 2.05) is 0 Å². The second-order valence-corrected chi connectivity index (χ2v) is 4.06. The summed E-state index contributed by atoms with van der Waals surface area (Å²) < 4.78 is 38.6. The van der Waals surface area contributed by atoms with E-state index in [4.69, 9.17) is 5.84 Å². The summed E-state index contributed by atoms with van der Waals surface area (Å²) in [6.07, 6.45) is -1.95. The van der Waals surface area contributed by atoms with Crippen molar-refractivity contribution >= 4 is 17.3 Å². The average Bonchev–Trinajstić information content (AvgIpc) is 2.46. The monoisotopic (exact) mass is 296 g/mol. The van der Waals surface area contributed by atoms with Crippen molar-refractivity contribution in [1.82, 2.24) is 4.98 Å². The van der Waals surface area contributed by atoms with Gasteiger partial charge in [0.05, 0.1) is 22.5 Å². The first-order valence-corrected chi connectivity index (χ1v) is 5.81. The third-order valence-corrected chi connectivity index (χ3v) is 2.70. The number of rotatable bonds is 3. The fraction of sp³-hybridized carbons (Fsp3) is 0.0769. The maximum atomic E-state index is 12.9. The van der Waals surface area contributed by atoms with E-state index in [9.17, 15) is 18.0 Å². The van der Waals surface area contributed by atoms with Crippen LogP contribution in [0.15, 0.2) is 42.7 Å². The van der Waals surface area contributed by atoms with E-state index in [2.05, 4.69) is 15.7 Å². The molecule has 110 valence electrons. The lowest BCUT2D eigenvalue weighted by atomic mass is 10.1. The van der Waals surface area contributed by atoms with Gasteiger partial charge in [-0.15, -0.1) is 0 Å². The van der Waals surface area contributed by atoms with E-state index in [1.54, 1.807) is 0 Å². The highest BCUT2D eigenvalue weighted by atomic mass is 19.4. The van der Waals surface area contributed by atoms with Gasteiger partial charge in [0.1, 0.15) is 0 Å². The van der Waals surface area contributed by atoms with Crippen LogP contribution < -0.4 is 16.6 Å². The van der Waals surface area contributed by atoms with Crippen LogP contribution in [0.4, 0.5) is 24.5 Å². The number of carbonyl (C=O) groups excluding carboxylic acids is 1. The molecular weight excluding hydrogens is 285 g/mol. The van der Waals surface area contributed by atoms with E-state index in [0.717, 1.165) is 6.07 Å². The van der Waals surface area contributed by atoms with E-state index in [1.165, 1.54) is 36.7 Å². The molecule has 0 aliphatic carbocycles. The Labute approximate surface area is 118 Å². The van der Waals surface area contributed by atoms with Gasteiger partial charge in [-0.2, -0.15) is 13.2 Å². The Balaban J connectivity index is 2.33. The number of halogens is 3. The van der Waals surface area contributed by atoms with Gasteiger partial charge in [-0.25, -0.2) is 0 Å². The van der Waals surface area contributed by atoms with Crippen LogP contribution in [-0.4, -0.2) is 10.9 Å². The van der Waals surface area contributed by atoms with Gasteiger partial charge in [-0.3, -0.25) is 15.6 Å². The molecule has 21 heavy (non-hydrogen) atoms. The number of benzene rings is 1. The predicted molar refractivity (Wildman–Crippen MR) is 71.4 cm³/mol. The lowest BCUT2D eigenvalue weighted by Gasteiger charge is -2.14. The van der Waals surface area contributed by atoms with E-state index in [0.29, 0.717) is 0 Å². The van der Waals surface area contributed by atoms with Crippen LogP contribution in [0.25, 0.3) is 0 Å². The Morgan fingerprint density at radius 1 is 1.14 bits per heavy atom. The van der Waals surface area contributed by atoms with Crippen molar-refractivity contribution < 1.29 is 18.0 Å². The van der Waals surface area contributed by atoms with Crippen molar-refractivity contribution in [2.24, 2.45) is 5.84 Å². The van der Waals surface area contributed by atoms with E-state index < -0.39 is 17.6 Å². The molecule has 0 radical (unpaired) electrons. The zero-order valence-corrected chi connectivity index (χ0v) is 10.6. The standard InChI is InChI=1S/C13H11F3N4O/c14-13(15,16)9-3-1-2-4-11(9)19-12(21)8-7-18-6-5-10(8)20-17/h1-7H,17H2,(H,18,20)(H,19,21). The third-order valence-electron chi connectivity index (χ3n) is 2.70. The normalized spacial score (nSPS) is 11.0. The smallest absolute Gasteiger partial charge is 0.323 e. The molecule has 0 saturated heterocycles. The van der Waals surface area contributed by atoms with Gasteiger partial charge in [0.2, 0.25) is 0 Å². The molecule has 1 heterocycles. The number of nitrogens with two attached hydrogens (primary N) is 1. The van der Waals surface area contributed by atoms with Crippen molar-refractivity contribution in [3.63, 3.8) is 0 Å². The largest absolute Gasteiger partial charge is 0.418 e. The molecule has 4 N–H and O–H groups in total. The number of alkyl halides is 3. The van der Waals surface area contributed by atoms with E-state index in [-0.39, 0.29) is 16.9 Å². The molecular formula is C13H11F3N4O. The maximum Gasteiger partial charge on any atom is 0.418 e. The lowest BCUT2D eigenvalue weighted by molar-refractivity contribution is -0.136. The molecule has 1 aromatic heterocycles. The fourth-order valence-corrected chi connectivity index (χ4v) is 1.73. The first kappa shape index (κ1) is 14.8. The van der Waals surface area contributed by atoms with Crippen LogP contribution in [0.5, 0.6) is 0 Å². The molecule has 0 aliphatic rings. The number of nitrogen functional groups attached to an aromatic ring is 1. The van der Waals surface area contributed by atoms with Gasteiger partial charge in [-0.05, 0) is 18.2 Å². The molecule has 8 heteroatoms. The van der Waals surface area contributed by atoms with Gasteiger partial charge in [0.25, 0.3) is 5.91 Å². The molecule has 0 unspecified atom stereocenters. The number of aromatic nitrogens is 1. The van der Waals surface area contributed by atoms with Gasteiger partial charge >= 0.3 is 6.18 Å². The average molecular weight is 296 g/mol. The molecule has 0 saturated carbocycles. The van der Waals surface area contributed by atoms with Crippen molar-refractivity contribution in [3.8, 4) is 0 Å². The zero-order chi connectivity index (χ0) is 15.5. The topological polar surface area (TPSA) is 80.0 Å². The molecule has 2 aromatic rings. The van der Waals surface area contributed by atoms with Crippen molar-refractivity contribution in [3.05, 3.63) is 53.9 Å². The Kier molecular flexibility index (Phi) is 4.08. The van der Waals surface area contributed by atoms with Crippen LogP contribution in [0, 0.1) is 0 Å². The first-order valence-electron chi connectivity index (χ1n) is 5.81. The molecule has 0 aliphatic heterocycles. The van der Waals surface area contributed by atoms with Crippen LogP contribution >= 0.6 is 0 Å². The number of amides is 1. The first-order chi connectivity index (χ1) is 9.93. The minimum atomic E-state index is -4.56. The Hall–Kier alpha value is -2.61. The zero-order valence-electron chi connectivity index (χ0n) is 10.6. The lowest BCUT2D eigenvalue weighted by Crippen LogP contribution is -2.19. The number of carbonyl (C=O) groups is 1. The summed E-state index contributed by atoms with van der Waals surface area (Å²) in [6.45, 7) is 0. The number of hydrogen-bond acceptors (Lipinski definition) is 4. The van der Waals surface area contributed by atoms with Crippen LogP contribution in [0.3, 0.4) is 0 Å². The van der Waals surface area contributed by atoms with Crippen LogP contribution in [0.1, 0.15) is 15.9 Å². The fourth-order valence-electron chi connectivity index (χ4n) is 1.73. The Morgan fingerprint density at radius 3 is 2.52 bits per heavy atom.